The maximum atomic E-state index is 13.1. The molecule has 2 aromatic rings. The lowest BCUT2D eigenvalue weighted by molar-refractivity contribution is 0.0598. The third-order valence-electron chi connectivity index (χ3n) is 5.04. The van der Waals surface area contributed by atoms with Gasteiger partial charge in [-0.2, -0.15) is 4.31 Å². The molecule has 0 spiro atoms. The topological polar surface area (TPSA) is 85.7 Å². The molecule has 27 heavy (non-hydrogen) atoms. The van der Waals surface area contributed by atoms with Crippen LogP contribution in [0.3, 0.4) is 0 Å². The second-order valence-electron chi connectivity index (χ2n) is 7.42. The molecule has 0 amide bonds. The molecule has 1 saturated heterocycles. The maximum absolute atomic E-state index is 13.1. The van der Waals surface area contributed by atoms with E-state index in [4.69, 9.17) is 0 Å². The zero-order chi connectivity index (χ0) is 19.9. The lowest BCUT2D eigenvalue weighted by Crippen LogP contribution is -2.42. The predicted octanol–water partition coefficient (Wildman–Crippen LogP) is 1.99. The van der Waals surface area contributed by atoms with Crippen molar-refractivity contribution in [2.24, 2.45) is 18.9 Å². The third-order valence-corrected chi connectivity index (χ3v) is 6.87. The van der Waals surface area contributed by atoms with Crippen LogP contribution in [0.15, 0.2) is 34.1 Å². The van der Waals surface area contributed by atoms with Gasteiger partial charge in [0.05, 0.1) is 17.5 Å². The number of hydrogen-bond acceptors (Lipinski definition) is 5. The number of aromatic nitrogens is 1. The molecule has 1 aromatic carbocycles. The van der Waals surface area contributed by atoms with Crippen LogP contribution in [-0.4, -0.2) is 43.5 Å². The van der Waals surface area contributed by atoms with E-state index in [0.29, 0.717) is 18.6 Å². The summed E-state index contributed by atoms with van der Waals surface area (Å²) in [6.45, 7) is 5.00. The molecule has 8 heteroatoms. The van der Waals surface area contributed by atoms with E-state index in [-0.39, 0.29) is 27.7 Å². The second-order valence-corrected chi connectivity index (χ2v) is 9.36. The Morgan fingerprint density at radius 1 is 1.19 bits per heavy atom. The lowest BCUT2D eigenvalue weighted by Gasteiger charge is -2.34. The van der Waals surface area contributed by atoms with Crippen molar-refractivity contribution in [3.8, 4) is 0 Å². The van der Waals surface area contributed by atoms with Gasteiger partial charge in [0.25, 0.3) is 0 Å². The van der Waals surface area contributed by atoms with Gasteiger partial charge in [-0.25, -0.2) is 13.2 Å². The summed E-state index contributed by atoms with van der Waals surface area (Å²) >= 11 is 0. The molecule has 0 unspecified atom stereocenters. The van der Waals surface area contributed by atoms with Crippen molar-refractivity contribution in [1.82, 2.24) is 8.87 Å². The van der Waals surface area contributed by atoms with Crippen LogP contribution >= 0.6 is 0 Å². The molecule has 0 bridgehead atoms. The Morgan fingerprint density at radius 3 is 2.41 bits per heavy atom. The van der Waals surface area contributed by atoms with Crippen LogP contribution in [0.2, 0.25) is 0 Å². The highest BCUT2D eigenvalue weighted by Crippen LogP contribution is 2.27. The van der Waals surface area contributed by atoms with Crippen molar-refractivity contribution >= 4 is 26.9 Å². The largest absolute Gasteiger partial charge is 0.465 e. The Kier molecular flexibility index (Phi) is 5.14. The van der Waals surface area contributed by atoms with Crippen LogP contribution in [0.5, 0.6) is 0 Å². The molecule has 1 fully saturated rings. The van der Waals surface area contributed by atoms with Crippen LogP contribution < -0.4 is 5.43 Å². The minimum Gasteiger partial charge on any atom is -0.465 e. The summed E-state index contributed by atoms with van der Waals surface area (Å²) in [5.74, 6) is -0.185. The van der Waals surface area contributed by atoms with Gasteiger partial charge >= 0.3 is 5.97 Å². The average Bonchev–Trinajstić information content (AvgIpc) is 2.62. The number of pyridine rings is 1. The van der Waals surface area contributed by atoms with Crippen LogP contribution in [0.1, 0.15) is 30.6 Å². The molecule has 0 radical (unpaired) electrons. The Morgan fingerprint density at radius 2 is 1.81 bits per heavy atom. The number of esters is 1. The third kappa shape index (κ3) is 3.51. The van der Waals surface area contributed by atoms with Gasteiger partial charge in [-0.15, -0.1) is 0 Å². The molecule has 146 valence electrons. The van der Waals surface area contributed by atoms with E-state index in [1.807, 2.05) is 13.8 Å². The van der Waals surface area contributed by atoms with Gasteiger partial charge < -0.3 is 9.30 Å². The Balaban J connectivity index is 2.14. The fourth-order valence-electron chi connectivity index (χ4n) is 3.84. The van der Waals surface area contributed by atoms with Crippen molar-refractivity contribution in [3.63, 3.8) is 0 Å². The summed E-state index contributed by atoms with van der Waals surface area (Å²) in [6.07, 6.45) is 2.39. The first-order valence-electron chi connectivity index (χ1n) is 8.87. The lowest BCUT2D eigenvalue weighted by atomic mass is 9.94. The fourth-order valence-corrected chi connectivity index (χ4v) is 5.54. The number of methoxy groups -OCH3 is 1. The first kappa shape index (κ1) is 19.6. The van der Waals surface area contributed by atoms with Gasteiger partial charge in [0.2, 0.25) is 15.5 Å². The van der Waals surface area contributed by atoms with E-state index < -0.39 is 21.4 Å². The molecular formula is C19H24N2O5S. The highest BCUT2D eigenvalue weighted by atomic mass is 32.2. The number of fused-ring (bicyclic) bond motifs is 1. The smallest absolute Gasteiger partial charge is 0.343 e. The van der Waals surface area contributed by atoms with Crippen molar-refractivity contribution in [2.45, 2.75) is 25.2 Å². The van der Waals surface area contributed by atoms with Crippen molar-refractivity contribution in [1.29, 1.82) is 0 Å². The van der Waals surface area contributed by atoms with Crippen LogP contribution in [0.25, 0.3) is 10.9 Å². The number of piperidine rings is 1. The van der Waals surface area contributed by atoms with Gasteiger partial charge in [0.15, 0.2) is 0 Å². The summed E-state index contributed by atoms with van der Waals surface area (Å²) in [5, 5.41) is 0.180. The first-order chi connectivity index (χ1) is 12.6. The monoisotopic (exact) mass is 392 g/mol. The number of carbonyl (C=O) groups is 1. The zero-order valence-electron chi connectivity index (χ0n) is 15.9. The molecule has 0 N–H and O–H groups in total. The number of sulfonamides is 1. The number of carbonyl (C=O) groups excluding carboxylic acids is 1. The van der Waals surface area contributed by atoms with Crippen LogP contribution in [0, 0.1) is 11.8 Å². The fraction of sp³-hybridized carbons (Fsp3) is 0.474. The Labute approximate surface area is 158 Å². The molecule has 0 aliphatic carbocycles. The molecular weight excluding hydrogens is 368 g/mol. The molecule has 2 atom stereocenters. The maximum Gasteiger partial charge on any atom is 0.343 e. The van der Waals surface area contributed by atoms with Gasteiger partial charge in [0.1, 0.15) is 5.56 Å². The number of aryl methyl sites for hydroxylation is 1. The van der Waals surface area contributed by atoms with Crippen LogP contribution in [0.4, 0.5) is 0 Å². The van der Waals surface area contributed by atoms with E-state index in [9.17, 15) is 18.0 Å². The van der Waals surface area contributed by atoms with Crippen LogP contribution in [-0.2, 0) is 21.8 Å². The summed E-state index contributed by atoms with van der Waals surface area (Å²) in [4.78, 5) is 24.7. The Bertz CT molecular complexity index is 1050. The molecule has 0 saturated carbocycles. The van der Waals surface area contributed by atoms with Crippen molar-refractivity contribution < 1.29 is 17.9 Å². The minimum absolute atomic E-state index is 0.0652. The van der Waals surface area contributed by atoms with E-state index in [1.165, 1.54) is 29.7 Å². The average molecular weight is 392 g/mol. The SMILES string of the molecule is COC(=O)c1cn(C)c2ccc(S(=O)(=O)N3C[C@H](C)C[C@H](C)C3)cc2c1=O. The number of rotatable bonds is 3. The van der Waals surface area contributed by atoms with Gasteiger partial charge in [-0.3, -0.25) is 4.79 Å². The summed E-state index contributed by atoms with van der Waals surface area (Å²) in [5.41, 5.74) is -0.110. The number of nitrogens with zero attached hydrogens (tertiary/aromatic N) is 2. The molecule has 1 aliphatic heterocycles. The summed E-state index contributed by atoms with van der Waals surface area (Å²) in [7, 11) is -0.828. The number of benzene rings is 1. The highest BCUT2D eigenvalue weighted by molar-refractivity contribution is 7.89. The minimum atomic E-state index is -3.72. The predicted molar refractivity (Wildman–Crippen MR) is 102 cm³/mol. The van der Waals surface area contributed by atoms with E-state index in [0.717, 1.165) is 6.42 Å². The van der Waals surface area contributed by atoms with Gasteiger partial charge in [0, 0.05) is 31.7 Å². The first-order valence-corrected chi connectivity index (χ1v) is 10.3. The van der Waals surface area contributed by atoms with E-state index >= 15 is 0 Å². The summed E-state index contributed by atoms with van der Waals surface area (Å²) < 4.78 is 34.0. The molecule has 1 aromatic heterocycles. The normalized spacial score (nSPS) is 21.3. The second kappa shape index (κ2) is 7.09. The van der Waals surface area contributed by atoms with Gasteiger partial charge in [-0.05, 0) is 36.5 Å². The molecule has 1 aliphatic rings. The molecule has 7 nitrogen and oxygen atoms in total. The quantitative estimate of drug-likeness (QED) is 0.746. The molecule has 3 rings (SSSR count). The van der Waals surface area contributed by atoms with E-state index in [2.05, 4.69) is 4.74 Å². The van der Waals surface area contributed by atoms with Crippen molar-refractivity contribution in [3.05, 3.63) is 40.2 Å². The Hall–Kier alpha value is -2.19. The van der Waals surface area contributed by atoms with Gasteiger partial charge in [-0.1, -0.05) is 13.8 Å². The number of hydrogen-bond donors (Lipinski definition) is 0. The zero-order valence-corrected chi connectivity index (χ0v) is 16.7. The highest BCUT2D eigenvalue weighted by Gasteiger charge is 2.32. The summed E-state index contributed by atoms with van der Waals surface area (Å²) in [6, 6.07) is 4.48. The van der Waals surface area contributed by atoms with E-state index in [1.54, 1.807) is 17.7 Å². The standard InChI is InChI=1S/C19H24N2O5S/c1-12-7-13(2)10-21(9-12)27(24,25)14-5-6-17-15(8-14)18(22)16(11-20(17)3)19(23)26-4/h5-6,8,11-13H,7,9-10H2,1-4H3/t12-,13+. The van der Waals surface area contributed by atoms with Crippen molar-refractivity contribution in [2.75, 3.05) is 20.2 Å². The number of ether oxygens (including phenoxy) is 1. The molecule has 2 heterocycles.